The predicted octanol–water partition coefficient (Wildman–Crippen LogP) is 3.14. The van der Waals surface area contributed by atoms with Crippen molar-refractivity contribution in [3.63, 3.8) is 0 Å². The average Bonchev–Trinajstić information content (AvgIpc) is 2.66. The molecular formula is C20H25N3O. The van der Waals surface area contributed by atoms with Gasteiger partial charge in [-0.1, -0.05) is 6.08 Å². The molecular weight excluding hydrogens is 298 g/mol. The van der Waals surface area contributed by atoms with Crippen molar-refractivity contribution in [2.45, 2.75) is 24.9 Å². The molecule has 2 N–H and O–H groups in total. The lowest BCUT2D eigenvalue weighted by atomic mass is 9.73. The van der Waals surface area contributed by atoms with E-state index >= 15 is 0 Å². The average molecular weight is 323 g/mol. The molecule has 126 valence electrons. The van der Waals surface area contributed by atoms with Crippen LogP contribution in [0.4, 0.5) is 0 Å². The van der Waals surface area contributed by atoms with Gasteiger partial charge in [0.1, 0.15) is 5.75 Å². The maximum Gasteiger partial charge on any atom is 0.119 e. The van der Waals surface area contributed by atoms with Crippen molar-refractivity contribution in [1.29, 1.82) is 0 Å². The molecule has 0 aliphatic carbocycles. The molecule has 4 heterocycles. The maximum atomic E-state index is 6.76. The van der Waals surface area contributed by atoms with Crippen LogP contribution in [0.25, 0.3) is 10.9 Å². The second-order valence-corrected chi connectivity index (χ2v) is 7.06. The van der Waals surface area contributed by atoms with E-state index in [1.54, 1.807) is 7.11 Å². The summed E-state index contributed by atoms with van der Waals surface area (Å²) in [4.78, 5) is 7.04. The van der Waals surface area contributed by atoms with Gasteiger partial charge in [-0.3, -0.25) is 9.88 Å². The van der Waals surface area contributed by atoms with Gasteiger partial charge in [0.15, 0.2) is 0 Å². The van der Waals surface area contributed by atoms with Crippen LogP contribution in [-0.4, -0.2) is 36.1 Å². The van der Waals surface area contributed by atoms with Gasteiger partial charge >= 0.3 is 0 Å². The molecule has 3 saturated heterocycles. The number of rotatable bonds is 4. The molecule has 1 aromatic carbocycles. The minimum atomic E-state index is -0.00354. The number of aromatic nitrogens is 1. The molecule has 3 aliphatic heterocycles. The van der Waals surface area contributed by atoms with E-state index in [0.29, 0.717) is 12.0 Å². The van der Waals surface area contributed by atoms with Crippen molar-refractivity contribution < 1.29 is 4.74 Å². The third-order valence-electron chi connectivity index (χ3n) is 5.91. The maximum absolute atomic E-state index is 6.76. The van der Waals surface area contributed by atoms with Crippen LogP contribution in [0, 0.1) is 11.8 Å². The summed E-state index contributed by atoms with van der Waals surface area (Å²) in [5.74, 6) is 2.20. The van der Waals surface area contributed by atoms with Crippen LogP contribution >= 0.6 is 0 Å². The Morgan fingerprint density at radius 2 is 2.29 bits per heavy atom. The highest BCUT2D eigenvalue weighted by Crippen LogP contribution is 2.41. The Morgan fingerprint density at radius 3 is 3.00 bits per heavy atom. The molecule has 4 heteroatoms. The normalized spacial score (nSPS) is 30.2. The summed E-state index contributed by atoms with van der Waals surface area (Å²) in [7, 11) is 1.69. The number of benzene rings is 1. The molecule has 4 nitrogen and oxygen atoms in total. The largest absolute Gasteiger partial charge is 0.497 e. The molecule has 5 unspecified atom stereocenters. The van der Waals surface area contributed by atoms with Crippen LogP contribution in [-0.2, 0) is 0 Å². The fraction of sp³-hybridized carbons (Fsp3) is 0.450. The van der Waals surface area contributed by atoms with Gasteiger partial charge < -0.3 is 10.5 Å². The molecule has 2 bridgehead atoms. The predicted molar refractivity (Wildman–Crippen MR) is 97.0 cm³/mol. The lowest BCUT2D eigenvalue weighted by Gasteiger charge is -2.51. The first kappa shape index (κ1) is 15.6. The molecule has 3 aliphatic rings. The molecule has 1 aromatic heterocycles. The lowest BCUT2D eigenvalue weighted by molar-refractivity contribution is 0.00749. The van der Waals surface area contributed by atoms with Gasteiger partial charge in [0.25, 0.3) is 0 Å². The zero-order valence-electron chi connectivity index (χ0n) is 14.2. The second-order valence-electron chi connectivity index (χ2n) is 7.06. The van der Waals surface area contributed by atoms with Gasteiger partial charge in [-0.2, -0.15) is 0 Å². The third kappa shape index (κ3) is 2.50. The van der Waals surface area contributed by atoms with Crippen LogP contribution in [0.1, 0.15) is 24.4 Å². The summed E-state index contributed by atoms with van der Waals surface area (Å²) >= 11 is 0. The van der Waals surface area contributed by atoms with Gasteiger partial charge in [0.2, 0.25) is 0 Å². The van der Waals surface area contributed by atoms with E-state index in [9.17, 15) is 0 Å². The molecule has 0 amide bonds. The van der Waals surface area contributed by atoms with E-state index in [2.05, 4.69) is 34.7 Å². The number of fused-ring (bicyclic) bond motifs is 4. The van der Waals surface area contributed by atoms with E-state index in [4.69, 9.17) is 10.5 Å². The number of pyridine rings is 1. The molecule has 0 spiro atoms. The number of hydrogen-bond acceptors (Lipinski definition) is 4. The second kappa shape index (κ2) is 6.19. The van der Waals surface area contributed by atoms with Crippen molar-refractivity contribution in [2.75, 3.05) is 20.2 Å². The third-order valence-corrected chi connectivity index (χ3v) is 5.91. The van der Waals surface area contributed by atoms with Gasteiger partial charge in [-0.05, 0) is 61.1 Å². The van der Waals surface area contributed by atoms with Crippen molar-refractivity contribution in [1.82, 2.24) is 9.88 Å². The van der Waals surface area contributed by atoms with E-state index in [1.807, 2.05) is 18.3 Å². The number of hydrogen-bond donors (Lipinski definition) is 1. The van der Waals surface area contributed by atoms with Crippen LogP contribution in [0.3, 0.4) is 0 Å². The Bertz CT molecular complexity index is 760. The van der Waals surface area contributed by atoms with Gasteiger partial charge in [-0.15, -0.1) is 6.58 Å². The summed E-state index contributed by atoms with van der Waals surface area (Å²) < 4.78 is 5.39. The summed E-state index contributed by atoms with van der Waals surface area (Å²) in [6.07, 6.45) is 6.43. The van der Waals surface area contributed by atoms with E-state index in [-0.39, 0.29) is 6.04 Å². The number of ether oxygens (including phenoxy) is 1. The molecule has 24 heavy (non-hydrogen) atoms. The first-order valence-corrected chi connectivity index (χ1v) is 8.76. The Balaban J connectivity index is 1.69. The highest BCUT2D eigenvalue weighted by molar-refractivity contribution is 5.84. The van der Waals surface area contributed by atoms with E-state index in [1.165, 1.54) is 12.0 Å². The number of nitrogens with two attached hydrogens (primary N) is 1. The fourth-order valence-corrected chi connectivity index (χ4v) is 4.52. The highest BCUT2D eigenvalue weighted by Gasteiger charge is 2.41. The van der Waals surface area contributed by atoms with Crippen molar-refractivity contribution >= 4 is 10.9 Å². The van der Waals surface area contributed by atoms with E-state index in [0.717, 1.165) is 42.1 Å². The monoisotopic (exact) mass is 323 g/mol. The minimum absolute atomic E-state index is 0.00354. The summed E-state index contributed by atoms with van der Waals surface area (Å²) in [5, 5.41) is 1.10. The molecule has 0 radical (unpaired) electrons. The zero-order chi connectivity index (χ0) is 16.7. The fourth-order valence-electron chi connectivity index (χ4n) is 4.52. The quantitative estimate of drug-likeness (QED) is 0.878. The summed E-state index contributed by atoms with van der Waals surface area (Å²) in [6.45, 7) is 6.26. The van der Waals surface area contributed by atoms with E-state index < -0.39 is 0 Å². The SMILES string of the molecule is C=CC1CN2CCC1CC2C(N)c1ccnc2ccc(OC)cc12. The minimum Gasteiger partial charge on any atom is -0.497 e. The summed E-state index contributed by atoms with van der Waals surface area (Å²) in [5.41, 5.74) is 8.91. The van der Waals surface area contributed by atoms with Gasteiger partial charge in [0, 0.05) is 30.2 Å². The molecule has 5 atom stereocenters. The standard InChI is InChI=1S/C20H25N3O/c1-3-13-12-23-9-7-14(13)10-19(23)20(21)16-6-8-22-18-5-4-15(24-2)11-17(16)18/h3-6,8,11,13-14,19-20H,1,7,9-10,12,21H2,2H3. The first-order valence-electron chi connectivity index (χ1n) is 8.76. The lowest BCUT2D eigenvalue weighted by Crippen LogP contribution is -2.56. The number of methoxy groups -OCH3 is 1. The smallest absolute Gasteiger partial charge is 0.119 e. The van der Waals surface area contributed by atoms with Gasteiger partial charge in [0.05, 0.1) is 12.6 Å². The van der Waals surface area contributed by atoms with Crippen LogP contribution in [0.15, 0.2) is 43.1 Å². The molecule has 3 fully saturated rings. The Labute approximate surface area is 143 Å². The Morgan fingerprint density at radius 1 is 1.42 bits per heavy atom. The Kier molecular flexibility index (Phi) is 4.02. The van der Waals surface area contributed by atoms with Crippen LogP contribution < -0.4 is 10.5 Å². The first-order chi connectivity index (χ1) is 11.7. The van der Waals surface area contributed by atoms with Crippen molar-refractivity contribution in [3.8, 4) is 5.75 Å². The van der Waals surface area contributed by atoms with Crippen LogP contribution in [0.5, 0.6) is 5.75 Å². The molecule has 0 saturated carbocycles. The highest BCUT2D eigenvalue weighted by atomic mass is 16.5. The van der Waals surface area contributed by atoms with Gasteiger partial charge in [-0.25, -0.2) is 0 Å². The summed E-state index contributed by atoms with van der Waals surface area (Å²) in [6, 6.07) is 8.48. The van der Waals surface area contributed by atoms with Crippen LogP contribution in [0.2, 0.25) is 0 Å². The van der Waals surface area contributed by atoms with Crippen molar-refractivity contribution in [2.24, 2.45) is 17.6 Å². The number of nitrogens with zero attached hydrogens (tertiary/aromatic N) is 2. The molecule has 5 rings (SSSR count). The van der Waals surface area contributed by atoms with Crippen molar-refractivity contribution in [3.05, 3.63) is 48.7 Å². The Hall–Kier alpha value is -1.91. The molecule has 2 aromatic rings. The topological polar surface area (TPSA) is 51.4 Å². The zero-order valence-corrected chi connectivity index (χ0v) is 14.2. The number of piperidine rings is 3.